The number of hydrogen-bond donors (Lipinski definition) is 1. The Hall–Kier alpha value is -1.58. The first kappa shape index (κ1) is 42.4. The van der Waals surface area contributed by atoms with Crippen molar-refractivity contribution in [3.05, 3.63) is 24.3 Å². The summed E-state index contributed by atoms with van der Waals surface area (Å²) in [4.78, 5) is 23.3. The van der Waals surface area contributed by atoms with Crippen LogP contribution >= 0.6 is 0 Å². The van der Waals surface area contributed by atoms with Crippen LogP contribution in [0.3, 0.4) is 0 Å². The van der Waals surface area contributed by atoms with Gasteiger partial charge in [-0.3, -0.25) is 9.59 Å². The van der Waals surface area contributed by atoms with Crippen LogP contribution in [0, 0.1) is 0 Å². The molecule has 0 aliphatic rings. The van der Waals surface area contributed by atoms with Gasteiger partial charge in [-0.05, 0) is 64.2 Å². The van der Waals surface area contributed by atoms with Gasteiger partial charge in [-0.15, -0.1) is 0 Å². The first-order valence-corrected chi connectivity index (χ1v) is 19.3. The van der Waals surface area contributed by atoms with Crippen LogP contribution in [0.5, 0.6) is 0 Å². The summed E-state index contributed by atoms with van der Waals surface area (Å²) in [6, 6.07) is 0. The van der Waals surface area contributed by atoms with Crippen LogP contribution in [0.4, 0.5) is 0 Å². The van der Waals surface area contributed by atoms with Crippen LogP contribution in [0.25, 0.3) is 0 Å². The second-order valence-corrected chi connectivity index (χ2v) is 13.1. The molecular weight excluding hydrogens is 544 g/mol. The largest absolute Gasteiger partial charge is 0.481 e. The van der Waals surface area contributed by atoms with Gasteiger partial charge in [-0.2, -0.15) is 0 Å². The minimum absolute atomic E-state index is 0.0181. The molecule has 1 N–H and O–H groups in total. The van der Waals surface area contributed by atoms with Crippen molar-refractivity contribution < 1.29 is 19.4 Å². The highest BCUT2D eigenvalue weighted by molar-refractivity contribution is 5.69. The lowest BCUT2D eigenvalue weighted by atomic mass is 10.0. The van der Waals surface area contributed by atoms with Gasteiger partial charge in [0, 0.05) is 12.8 Å². The highest BCUT2D eigenvalue weighted by Gasteiger charge is 2.14. The first-order valence-electron chi connectivity index (χ1n) is 19.3. The number of allylic oxidation sites excluding steroid dienone is 4. The van der Waals surface area contributed by atoms with Gasteiger partial charge in [0.05, 0.1) is 0 Å². The molecule has 0 radical (unpaired) electrons. The average Bonchev–Trinajstić information content (AvgIpc) is 3.00. The Morgan fingerprint density at radius 3 is 1.43 bits per heavy atom. The summed E-state index contributed by atoms with van der Waals surface area (Å²) in [5, 5.41) is 8.81. The quantitative estimate of drug-likeness (QED) is 0.0436. The van der Waals surface area contributed by atoms with Crippen molar-refractivity contribution in [2.75, 3.05) is 0 Å². The molecule has 0 saturated carbocycles. The summed E-state index contributed by atoms with van der Waals surface area (Å²) >= 11 is 0. The number of unbranched alkanes of at least 4 members (excludes halogenated alkanes) is 22. The van der Waals surface area contributed by atoms with Crippen molar-refractivity contribution in [3.8, 4) is 0 Å². The zero-order chi connectivity index (χ0) is 32.2. The number of carbonyl (C=O) groups excluding carboxylic acids is 1. The monoisotopic (exact) mass is 619 g/mol. The van der Waals surface area contributed by atoms with E-state index in [0.29, 0.717) is 6.42 Å². The van der Waals surface area contributed by atoms with Crippen LogP contribution in [0.2, 0.25) is 0 Å². The normalized spacial score (nSPS) is 12.4. The fraction of sp³-hybridized carbons (Fsp3) is 0.850. The van der Waals surface area contributed by atoms with Gasteiger partial charge in [-0.1, -0.05) is 160 Å². The molecule has 0 aromatic heterocycles. The van der Waals surface area contributed by atoms with Gasteiger partial charge in [0.1, 0.15) is 6.10 Å². The fourth-order valence-corrected chi connectivity index (χ4v) is 5.81. The molecule has 4 heteroatoms. The fourth-order valence-electron chi connectivity index (χ4n) is 5.81. The van der Waals surface area contributed by atoms with Crippen LogP contribution in [-0.4, -0.2) is 23.1 Å². The molecule has 0 spiro atoms. The molecule has 0 aromatic rings. The molecule has 1 atom stereocenters. The van der Waals surface area contributed by atoms with E-state index in [2.05, 4.69) is 38.2 Å². The van der Waals surface area contributed by atoms with Gasteiger partial charge in [0.15, 0.2) is 0 Å². The maximum absolute atomic E-state index is 12.6. The molecule has 0 heterocycles. The van der Waals surface area contributed by atoms with Crippen LogP contribution in [-0.2, 0) is 14.3 Å². The Balaban J connectivity index is 4.11. The third-order valence-corrected chi connectivity index (χ3v) is 8.68. The van der Waals surface area contributed by atoms with Crippen molar-refractivity contribution in [2.24, 2.45) is 0 Å². The van der Waals surface area contributed by atoms with E-state index in [4.69, 9.17) is 9.84 Å². The van der Waals surface area contributed by atoms with Gasteiger partial charge >= 0.3 is 11.9 Å². The van der Waals surface area contributed by atoms with E-state index in [1.807, 2.05) is 0 Å². The molecule has 4 nitrogen and oxygen atoms in total. The van der Waals surface area contributed by atoms with E-state index in [-0.39, 0.29) is 18.5 Å². The zero-order valence-electron chi connectivity index (χ0n) is 29.5. The van der Waals surface area contributed by atoms with E-state index in [1.165, 1.54) is 109 Å². The predicted octanol–water partition coefficient (Wildman–Crippen LogP) is 13.2. The van der Waals surface area contributed by atoms with Crippen molar-refractivity contribution in [3.63, 3.8) is 0 Å². The number of hydrogen-bond acceptors (Lipinski definition) is 3. The Labute approximate surface area is 274 Å². The number of esters is 1. The Morgan fingerprint density at radius 2 is 0.909 bits per heavy atom. The van der Waals surface area contributed by atoms with E-state index in [1.54, 1.807) is 0 Å². The lowest BCUT2D eigenvalue weighted by molar-refractivity contribution is -0.150. The van der Waals surface area contributed by atoms with Crippen molar-refractivity contribution in [1.29, 1.82) is 0 Å². The number of carboxylic acids is 1. The van der Waals surface area contributed by atoms with E-state index in [0.717, 1.165) is 77.0 Å². The summed E-state index contributed by atoms with van der Waals surface area (Å²) in [5.74, 6) is -0.724. The van der Waals surface area contributed by atoms with Gasteiger partial charge in [0.2, 0.25) is 0 Å². The van der Waals surface area contributed by atoms with Crippen molar-refractivity contribution >= 4 is 11.9 Å². The van der Waals surface area contributed by atoms with E-state index < -0.39 is 5.97 Å². The van der Waals surface area contributed by atoms with Gasteiger partial charge < -0.3 is 9.84 Å². The maximum Gasteiger partial charge on any atom is 0.306 e. The van der Waals surface area contributed by atoms with E-state index >= 15 is 0 Å². The minimum atomic E-state index is -0.705. The molecule has 0 bridgehead atoms. The minimum Gasteiger partial charge on any atom is -0.481 e. The number of aliphatic carboxylic acids is 1. The molecule has 258 valence electrons. The average molecular weight is 619 g/mol. The predicted molar refractivity (Wildman–Crippen MR) is 190 cm³/mol. The summed E-state index contributed by atoms with van der Waals surface area (Å²) in [7, 11) is 0. The van der Waals surface area contributed by atoms with Gasteiger partial charge in [-0.25, -0.2) is 0 Å². The number of carboxylic acid groups (broad SMARTS) is 1. The SMILES string of the molecule is CCCCCCC/C=C\C/C=C\CCCC(CCCCCCCC(=O)O)OC(=O)CCCCCCCCCCCCCCC. The highest BCUT2D eigenvalue weighted by atomic mass is 16.5. The topological polar surface area (TPSA) is 63.6 Å². The Bertz CT molecular complexity index is 668. The lowest BCUT2D eigenvalue weighted by Crippen LogP contribution is -2.18. The van der Waals surface area contributed by atoms with Crippen LogP contribution in [0.1, 0.15) is 213 Å². The molecule has 0 amide bonds. The third-order valence-electron chi connectivity index (χ3n) is 8.68. The standard InChI is InChI=1S/C40H74O4/c1-3-5-7-9-11-13-15-17-19-21-23-26-30-34-38(35-31-27-25-28-32-36-39(41)42)44-40(43)37-33-29-24-22-20-18-16-14-12-10-8-6-4-2/h15,17,21,23,38H,3-14,16,18-20,22,24-37H2,1-2H3,(H,41,42)/b17-15-,23-21-. The van der Waals surface area contributed by atoms with Crippen molar-refractivity contribution in [1.82, 2.24) is 0 Å². The first-order chi connectivity index (χ1) is 21.6. The summed E-state index contributed by atoms with van der Waals surface area (Å²) in [6.07, 6.45) is 44.8. The Morgan fingerprint density at radius 1 is 0.500 bits per heavy atom. The zero-order valence-corrected chi connectivity index (χ0v) is 29.5. The molecule has 0 fully saturated rings. The molecular formula is C40H74O4. The highest BCUT2D eigenvalue weighted by Crippen LogP contribution is 2.18. The van der Waals surface area contributed by atoms with E-state index in [9.17, 15) is 9.59 Å². The second kappa shape index (κ2) is 35.9. The third kappa shape index (κ3) is 34.9. The second-order valence-electron chi connectivity index (χ2n) is 13.1. The summed E-state index contributed by atoms with van der Waals surface area (Å²) in [5.41, 5.74) is 0. The number of ether oxygens (including phenoxy) is 1. The molecule has 0 aromatic carbocycles. The maximum atomic E-state index is 12.6. The van der Waals surface area contributed by atoms with Crippen LogP contribution < -0.4 is 0 Å². The molecule has 0 rings (SSSR count). The molecule has 0 saturated heterocycles. The lowest BCUT2D eigenvalue weighted by Gasteiger charge is -2.18. The number of rotatable bonds is 35. The summed E-state index contributed by atoms with van der Waals surface area (Å²) < 4.78 is 5.97. The van der Waals surface area contributed by atoms with Crippen LogP contribution in [0.15, 0.2) is 24.3 Å². The molecule has 44 heavy (non-hydrogen) atoms. The molecule has 0 aliphatic carbocycles. The van der Waals surface area contributed by atoms with Crippen molar-refractivity contribution in [2.45, 2.75) is 219 Å². The smallest absolute Gasteiger partial charge is 0.306 e. The molecule has 0 aliphatic heterocycles. The summed E-state index contributed by atoms with van der Waals surface area (Å²) in [6.45, 7) is 4.53. The van der Waals surface area contributed by atoms with Gasteiger partial charge in [0.25, 0.3) is 0 Å². The number of carbonyl (C=O) groups is 2. The Kier molecular flexibility index (Phi) is 34.6. The molecule has 1 unspecified atom stereocenters.